The first-order chi connectivity index (χ1) is 12.8. The van der Waals surface area contributed by atoms with Crippen LogP contribution in [0.5, 0.6) is 11.5 Å². The molecule has 0 fully saturated rings. The molecule has 0 bridgehead atoms. The highest BCUT2D eigenvalue weighted by atomic mass is 32.2. The third-order valence-electron chi connectivity index (χ3n) is 4.27. The van der Waals surface area contributed by atoms with Crippen molar-refractivity contribution < 1.29 is 9.84 Å². The van der Waals surface area contributed by atoms with Crippen LogP contribution in [0.15, 0.2) is 76.5 Å². The number of phenolic OH excluding ortho intramolecular Hbond substituents is 1. The van der Waals surface area contributed by atoms with Crippen LogP contribution in [0.4, 0.5) is 5.69 Å². The number of hydrogen-bond donors (Lipinski definition) is 2. The van der Waals surface area contributed by atoms with E-state index in [0.717, 1.165) is 21.1 Å². The predicted molar refractivity (Wildman–Crippen MR) is 113 cm³/mol. The van der Waals surface area contributed by atoms with Crippen LogP contribution in [-0.2, 0) is 12.0 Å². The van der Waals surface area contributed by atoms with Gasteiger partial charge in [0.15, 0.2) is 0 Å². The number of nitrogen functional groups attached to an aromatic ring is 1. The summed E-state index contributed by atoms with van der Waals surface area (Å²) >= 11 is 1.56. The minimum absolute atomic E-state index is 0.152. The largest absolute Gasteiger partial charge is 0.508 e. The van der Waals surface area contributed by atoms with E-state index in [1.807, 2.05) is 30.3 Å². The molecular weight excluding hydrogens is 354 g/mol. The summed E-state index contributed by atoms with van der Waals surface area (Å²) in [4.78, 5) is 1.98. The van der Waals surface area contributed by atoms with Gasteiger partial charge in [0, 0.05) is 21.5 Å². The average Bonchev–Trinajstić information content (AvgIpc) is 2.63. The van der Waals surface area contributed by atoms with Crippen LogP contribution < -0.4 is 10.5 Å². The van der Waals surface area contributed by atoms with Crippen LogP contribution in [0.3, 0.4) is 0 Å². The van der Waals surface area contributed by atoms with Crippen LogP contribution in [0.2, 0.25) is 0 Å². The van der Waals surface area contributed by atoms with E-state index < -0.39 is 0 Å². The Labute approximate surface area is 165 Å². The fourth-order valence-electron chi connectivity index (χ4n) is 2.62. The molecule has 3 nitrogen and oxygen atoms in total. The fraction of sp³-hybridized carbons (Fsp3) is 0.217. The normalized spacial score (nSPS) is 11.4. The van der Waals surface area contributed by atoms with E-state index in [1.54, 1.807) is 23.9 Å². The van der Waals surface area contributed by atoms with Crippen LogP contribution >= 0.6 is 11.8 Å². The van der Waals surface area contributed by atoms with Crippen LogP contribution in [0.1, 0.15) is 31.9 Å². The van der Waals surface area contributed by atoms with E-state index in [4.69, 9.17) is 10.5 Å². The molecule has 4 heteroatoms. The molecular formula is C23H25NO2S. The van der Waals surface area contributed by atoms with Crippen molar-refractivity contribution in [3.05, 3.63) is 77.9 Å². The van der Waals surface area contributed by atoms with E-state index in [1.165, 1.54) is 5.56 Å². The Morgan fingerprint density at radius 3 is 2.19 bits per heavy atom. The number of aromatic hydroxyl groups is 1. The van der Waals surface area contributed by atoms with Gasteiger partial charge in [-0.1, -0.05) is 56.8 Å². The second-order valence-electron chi connectivity index (χ2n) is 7.53. The Morgan fingerprint density at radius 2 is 1.59 bits per heavy atom. The summed E-state index contributed by atoms with van der Waals surface area (Å²) in [6, 6.07) is 21.4. The van der Waals surface area contributed by atoms with Crippen molar-refractivity contribution in [2.24, 2.45) is 0 Å². The van der Waals surface area contributed by atoms with Crippen LogP contribution in [0, 0.1) is 0 Å². The molecule has 140 valence electrons. The highest BCUT2D eigenvalue weighted by molar-refractivity contribution is 7.99. The smallest absolute Gasteiger partial charge is 0.121 e. The van der Waals surface area contributed by atoms with Gasteiger partial charge >= 0.3 is 0 Å². The van der Waals surface area contributed by atoms with E-state index in [9.17, 15) is 5.11 Å². The number of hydrogen-bond acceptors (Lipinski definition) is 4. The van der Waals surface area contributed by atoms with Crippen molar-refractivity contribution >= 4 is 17.4 Å². The van der Waals surface area contributed by atoms with E-state index >= 15 is 0 Å². The van der Waals surface area contributed by atoms with Gasteiger partial charge in [-0.05, 0) is 52.9 Å². The highest BCUT2D eigenvalue weighted by Gasteiger charge is 2.13. The van der Waals surface area contributed by atoms with Gasteiger partial charge in [-0.25, -0.2) is 0 Å². The van der Waals surface area contributed by atoms with Crippen molar-refractivity contribution in [1.82, 2.24) is 0 Å². The number of nitrogens with two attached hydrogens (primary N) is 1. The van der Waals surface area contributed by atoms with Gasteiger partial charge in [-0.2, -0.15) is 0 Å². The molecule has 0 aromatic heterocycles. The molecule has 3 N–H and O–H groups in total. The summed E-state index contributed by atoms with van der Waals surface area (Å²) in [6.45, 7) is 7.13. The van der Waals surface area contributed by atoms with Crippen LogP contribution in [0.25, 0.3) is 0 Å². The van der Waals surface area contributed by atoms with Gasteiger partial charge in [-0.15, -0.1) is 0 Å². The molecule has 0 atom stereocenters. The predicted octanol–water partition coefficient (Wildman–Crippen LogP) is 6.00. The molecule has 27 heavy (non-hydrogen) atoms. The summed E-state index contributed by atoms with van der Waals surface area (Å²) in [5, 5.41) is 9.37. The molecule has 0 amide bonds. The minimum Gasteiger partial charge on any atom is -0.508 e. The van der Waals surface area contributed by atoms with Crippen molar-refractivity contribution in [2.75, 3.05) is 5.73 Å². The summed E-state index contributed by atoms with van der Waals surface area (Å²) in [7, 11) is 0. The molecule has 3 aromatic carbocycles. The number of rotatable bonds is 5. The highest BCUT2D eigenvalue weighted by Crippen LogP contribution is 2.35. The Kier molecular flexibility index (Phi) is 5.66. The summed E-state index contributed by atoms with van der Waals surface area (Å²) in [6.07, 6.45) is 0. The molecule has 3 rings (SSSR count). The SMILES string of the molecule is CC(C)(C)c1ccc(COc2ccc(Sc3ccc(O)cc3)c(N)c2)cc1. The summed E-state index contributed by atoms with van der Waals surface area (Å²) < 4.78 is 5.90. The van der Waals surface area contributed by atoms with E-state index in [0.29, 0.717) is 12.3 Å². The standard InChI is InChI=1S/C23H25NO2S/c1-23(2,3)17-6-4-16(5-7-17)15-26-19-10-13-22(21(24)14-19)27-20-11-8-18(25)9-12-20/h4-14,25H,15,24H2,1-3H3. The number of ether oxygens (including phenoxy) is 1. The quantitative estimate of drug-likeness (QED) is 0.534. The molecule has 3 aromatic rings. The molecule has 0 saturated carbocycles. The first kappa shape index (κ1) is 19.2. The first-order valence-electron chi connectivity index (χ1n) is 8.90. The van der Waals surface area contributed by atoms with Gasteiger partial charge in [0.05, 0.1) is 0 Å². The monoisotopic (exact) mass is 379 g/mol. The molecule has 0 radical (unpaired) electrons. The summed E-state index contributed by atoms with van der Waals surface area (Å²) in [5.41, 5.74) is 9.45. The van der Waals surface area contributed by atoms with Gasteiger partial charge in [-0.3, -0.25) is 0 Å². The van der Waals surface area contributed by atoms with E-state index in [2.05, 4.69) is 45.0 Å². The molecule has 0 unspecified atom stereocenters. The zero-order chi connectivity index (χ0) is 19.4. The lowest BCUT2D eigenvalue weighted by atomic mass is 9.87. The summed E-state index contributed by atoms with van der Waals surface area (Å²) in [5.74, 6) is 1.01. The molecule has 0 aliphatic carbocycles. The molecule has 0 saturated heterocycles. The number of benzene rings is 3. The molecule has 0 heterocycles. The zero-order valence-corrected chi connectivity index (χ0v) is 16.7. The van der Waals surface area contributed by atoms with Gasteiger partial charge < -0.3 is 15.6 Å². The van der Waals surface area contributed by atoms with Gasteiger partial charge in [0.1, 0.15) is 18.1 Å². The number of anilines is 1. The van der Waals surface area contributed by atoms with Crippen LogP contribution in [-0.4, -0.2) is 5.11 Å². The fourth-order valence-corrected chi connectivity index (χ4v) is 3.46. The Bertz CT molecular complexity index is 897. The Balaban J connectivity index is 1.63. The topological polar surface area (TPSA) is 55.5 Å². The Hall–Kier alpha value is -2.59. The number of phenols is 1. The maximum absolute atomic E-state index is 9.37. The lowest BCUT2D eigenvalue weighted by Gasteiger charge is -2.19. The molecule has 0 aliphatic rings. The zero-order valence-electron chi connectivity index (χ0n) is 15.9. The Morgan fingerprint density at radius 1 is 0.926 bits per heavy atom. The lowest BCUT2D eigenvalue weighted by Crippen LogP contribution is -2.10. The van der Waals surface area contributed by atoms with E-state index in [-0.39, 0.29) is 11.2 Å². The third-order valence-corrected chi connectivity index (χ3v) is 5.37. The third kappa shape index (κ3) is 5.20. The second-order valence-corrected chi connectivity index (χ2v) is 8.65. The average molecular weight is 380 g/mol. The maximum Gasteiger partial charge on any atom is 0.121 e. The van der Waals surface area contributed by atoms with Crippen molar-refractivity contribution in [3.8, 4) is 11.5 Å². The van der Waals surface area contributed by atoms with Gasteiger partial charge in [0.25, 0.3) is 0 Å². The second kappa shape index (κ2) is 7.97. The van der Waals surface area contributed by atoms with Crippen molar-refractivity contribution in [1.29, 1.82) is 0 Å². The van der Waals surface area contributed by atoms with Gasteiger partial charge in [0.2, 0.25) is 0 Å². The molecule has 0 aliphatic heterocycles. The van der Waals surface area contributed by atoms with Crippen molar-refractivity contribution in [2.45, 2.75) is 42.6 Å². The lowest BCUT2D eigenvalue weighted by molar-refractivity contribution is 0.306. The first-order valence-corrected chi connectivity index (χ1v) is 9.71. The minimum atomic E-state index is 0.152. The maximum atomic E-state index is 9.37. The van der Waals surface area contributed by atoms with Crippen molar-refractivity contribution in [3.63, 3.8) is 0 Å². The molecule has 0 spiro atoms.